The molecule has 8 heteroatoms. The summed E-state index contributed by atoms with van der Waals surface area (Å²) in [4.78, 5) is 40.3. The average molecular weight is 530 g/mol. The van der Waals surface area contributed by atoms with Crippen molar-refractivity contribution in [3.8, 4) is 11.5 Å². The second-order valence-corrected chi connectivity index (χ2v) is 9.54. The highest BCUT2D eigenvalue weighted by molar-refractivity contribution is 6.51. The highest BCUT2D eigenvalue weighted by Gasteiger charge is 2.47. The first kappa shape index (κ1) is 27.4. The number of amides is 1. The Morgan fingerprint density at radius 3 is 2.10 bits per heavy atom. The Morgan fingerprint density at radius 2 is 1.56 bits per heavy atom. The average Bonchev–Trinajstić information content (AvgIpc) is 3.21. The van der Waals surface area contributed by atoms with Crippen molar-refractivity contribution < 1.29 is 33.7 Å². The third-order valence-electron chi connectivity index (χ3n) is 6.90. The van der Waals surface area contributed by atoms with Gasteiger partial charge in [-0.15, -0.1) is 0 Å². The molecule has 3 aromatic carbocycles. The van der Waals surface area contributed by atoms with Gasteiger partial charge in [0.1, 0.15) is 17.3 Å². The number of methoxy groups -OCH3 is 3. The number of anilines is 1. The predicted octanol–water partition coefficient (Wildman–Crippen LogP) is 5.55. The van der Waals surface area contributed by atoms with Crippen LogP contribution in [0.25, 0.3) is 5.76 Å². The lowest BCUT2D eigenvalue weighted by Crippen LogP contribution is -2.29. The number of carbonyl (C=O) groups is 3. The summed E-state index contributed by atoms with van der Waals surface area (Å²) >= 11 is 0. The Morgan fingerprint density at radius 1 is 0.923 bits per heavy atom. The van der Waals surface area contributed by atoms with Gasteiger partial charge in [0.25, 0.3) is 11.7 Å². The molecule has 1 N–H and O–H groups in total. The molecule has 1 saturated heterocycles. The van der Waals surface area contributed by atoms with Crippen LogP contribution in [0.3, 0.4) is 0 Å². The van der Waals surface area contributed by atoms with E-state index in [-0.39, 0.29) is 17.3 Å². The first-order chi connectivity index (χ1) is 18.6. The van der Waals surface area contributed by atoms with Gasteiger partial charge in [0.15, 0.2) is 0 Å². The molecule has 0 spiro atoms. The fourth-order valence-corrected chi connectivity index (χ4v) is 4.80. The van der Waals surface area contributed by atoms with Crippen LogP contribution in [0.5, 0.6) is 11.5 Å². The number of aliphatic hydroxyl groups is 1. The number of nitrogens with zero attached hydrogens (tertiary/aromatic N) is 1. The molecule has 1 unspecified atom stereocenters. The fourth-order valence-electron chi connectivity index (χ4n) is 4.80. The summed E-state index contributed by atoms with van der Waals surface area (Å²) in [7, 11) is 4.41. The Labute approximate surface area is 227 Å². The molecule has 8 nitrogen and oxygen atoms in total. The molecule has 0 saturated carbocycles. The van der Waals surface area contributed by atoms with Gasteiger partial charge in [-0.2, -0.15) is 0 Å². The number of aliphatic hydroxyl groups excluding tert-OH is 1. The number of carbonyl (C=O) groups excluding carboxylic acids is 3. The zero-order valence-corrected chi connectivity index (χ0v) is 22.8. The molecule has 0 radical (unpaired) electrons. The van der Waals surface area contributed by atoms with Crippen LogP contribution in [0.2, 0.25) is 0 Å². The number of hydrogen-bond donors (Lipinski definition) is 1. The van der Waals surface area contributed by atoms with E-state index < -0.39 is 23.7 Å². The van der Waals surface area contributed by atoms with Gasteiger partial charge < -0.3 is 19.3 Å². The third-order valence-corrected chi connectivity index (χ3v) is 6.90. The molecule has 202 valence electrons. The van der Waals surface area contributed by atoms with E-state index in [1.54, 1.807) is 56.7 Å². The van der Waals surface area contributed by atoms with Gasteiger partial charge in [-0.05, 0) is 78.1 Å². The number of esters is 1. The molecule has 1 atom stereocenters. The van der Waals surface area contributed by atoms with Gasteiger partial charge in [-0.3, -0.25) is 14.5 Å². The van der Waals surface area contributed by atoms with Crippen LogP contribution in [0.4, 0.5) is 5.69 Å². The molecule has 1 amide bonds. The summed E-state index contributed by atoms with van der Waals surface area (Å²) in [5.41, 5.74) is 3.24. The van der Waals surface area contributed by atoms with Crippen LogP contribution in [0.1, 0.15) is 58.4 Å². The van der Waals surface area contributed by atoms with Crippen molar-refractivity contribution in [3.63, 3.8) is 0 Å². The molecule has 1 aliphatic rings. The van der Waals surface area contributed by atoms with E-state index >= 15 is 0 Å². The third kappa shape index (κ3) is 4.97. The molecule has 1 fully saturated rings. The summed E-state index contributed by atoms with van der Waals surface area (Å²) in [6, 6.07) is 15.8. The largest absolute Gasteiger partial charge is 0.507 e. The summed E-state index contributed by atoms with van der Waals surface area (Å²) in [5, 5.41) is 11.7. The lowest BCUT2D eigenvalue weighted by Gasteiger charge is -2.26. The van der Waals surface area contributed by atoms with Gasteiger partial charge in [0.2, 0.25) is 0 Å². The minimum Gasteiger partial charge on any atom is -0.507 e. The second-order valence-electron chi connectivity index (χ2n) is 9.54. The molecule has 4 rings (SSSR count). The predicted molar refractivity (Wildman–Crippen MR) is 147 cm³/mol. The minimum atomic E-state index is -0.927. The monoisotopic (exact) mass is 529 g/mol. The van der Waals surface area contributed by atoms with Gasteiger partial charge in [0, 0.05) is 11.3 Å². The number of ketones is 1. The number of benzene rings is 3. The molecule has 1 heterocycles. The molecule has 0 aromatic heterocycles. The van der Waals surface area contributed by atoms with Crippen LogP contribution in [-0.4, -0.2) is 44.1 Å². The molecule has 0 bridgehead atoms. The van der Waals surface area contributed by atoms with Crippen LogP contribution < -0.4 is 14.4 Å². The van der Waals surface area contributed by atoms with Crippen LogP contribution >= 0.6 is 0 Å². The van der Waals surface area contributed by atoms with Crippen molar-refractivity contribution in [2.75, 3.05) is 26.2 Å². The molecular weight excluding hydrogens is 498 g/mol. The van der Waals surface area contributed by atoms with E-state index in [4.69, 9.17) is 14.2 Å². The SMILES string of the molecule is COC(=O)c1ccc(N2C(=O)C(=O)/C(=C(/O)c3cc(C(C)C)c(OC)cc3C)C2c2ccc(OC)cc2)cc1. The molecular formula is C31H31NO7. The number of ether oxygens (including phenoxy) is 3. The summed E-state index contributed by atoms with van der Waals surface area (Å²) < 4.78 is 15.6. The standard InChI is InChI=1S/C31H31NO7/c1-17(2)23-16-24(18(3)15-25(23)38-5)28(33)26-27(19-9-13-22(37-4)14-10-19)32(30(35)29(26)34)21-11-7-20(8-12-21)31(36)39-6/h7-17,27,33H,1-6H3/b28-26+. The lowest BCUT2D eigenvalue weighted by atomic mass is 9.91. The van der Waals surface area contributed by atoms with Gasteiger partial charge >= 0.3 is 5.97 Å². The highest BCUT2D eigenvalue weighted by Crippen LogP contribution is 2.43. The summed E-state index contributed by atoms with van der Waals surface area (Å²) in [5.74, 6) is -1.04. The van der Waals surface area contributed by atoms with E-state index in [9.17, 15) is 19.5 Å². The zero-order valence-electron chi connectivity index (χ0n) is 22.8. The zero-order chi connectivity index (χ0) is 28.4. The summed E-state index contributed by atoms with van der Waals surface area (Å²) in [6.07, 6.45) is 0. The van der Waals surface area contributed by atoms with Crippen molar-refractivity contribution in [2.45, 2.75) is 32.7 Å². The minimum absolute atomic E-state index is 0.0369. The topological polar surface area (TPSA) is 102 Å². The molecule has 1 aliphatic heterocycles. The van der Waals surface area contributed by atoms with E-state index in [0.29, 0.717) is 39.4 Å². The van der Waals surface area contributed by atoms with Crippen molar-refractivity contribution >= 4 is 29.1 Å². The molecule has 39 heavy (non-hydrogen) atoms. The van der Waals surface area contributed by atoms with Crippen LogP contribution in [0, 0.1) is 6.92 Å². The first-order valence-electron chi connectivity index (χ1n) is 12.4. The number of rotatable bonds is 7. The van der Waals surface area contributed by atoms with Gasteiger partial charge in [0.05, 0.1) is 38.5 Å². The Balaban J connectivity index is 1.94. The number of aryl methyl sites for hydroxylation is 1. The van der Waals surface area contributed by atoms with E-state index in [2.05, 4.69) is 0 Å². The number of Topliss-reactive ketones (excluding diaryl/α,β-unsaturated/α-hetero) is 1. The maximum atomic E-state index is 13.6. The lowest BCUT2D eigenvalue weighted by molar-refractivity contribution is -0.132. The van der Waals surface area contributed by atoms with Crippen molar-refractivity contribution in [2.24, 2.45) is 0 Å². The van der Waals surface area contributed by atoms with E-state index in [1.165, 1.54) is 24.1 Å². The van der Waals surface area contributed by atoms with Crippen LogP contribution in [0.15, 0.2) is 66.2 Å². The Hall–Kier alpha value is -4.59. The van der Waals surface area contributed by atoms with Crippen LogP contribution in [-0.2, 0) is 14.3 Å². The van der Waals surface area contributed by atoms with Crippen molar-refractivity contribution in [1.29, 1.82) is 0 Å². The Bertz CT molecular complexity index is 1450. The molecule has 0 aliphatic carbocycles. The van der Waals surface area contributed by atoms with Gasteiger partial charge in [-0.1, -0.05) is 26.0 Å². The van der Waals surface area contributed by atoms with E-state index in [0.717, 1.165) is 5.56 Å². The smallest absolute Gasteiger partial charge is 0.337 e. The quantitative estimate of drug-likeness (QED) is 0.185. The maximum absolute atomic E-state index is 13.6. The fraction of sp³-hybridized carbons (Fsp3) is 0.258. The normalized spacial score (nSPS) is 16.5. The maximum Gasteiger partial charge on any atom is 0.337 e. The highest BCUT2D eigenvalue weighted by atomic mass is 16.5. The first-order valence-corrected chi connectivity index (χ1v) is 12.4. The van der Waals surface area contributed by atoms with Gasteiger partial charge in [-0.25, -0.2) is 4.79 Å². The second kappa shape index (κ2) is 11.0. The Kier molecular flexibility index (Phi) is 7.76. The number of hydrogen-bond acceptors (Lipinski definition) is 7. The summed E-state index contributed by atoms with van der Waals surface area (Å²) in [6.45, 7) is 5.82. The van der Waals surface area contributed by atoms with Crippen molar-refractivity contribution in [1.82, 2.24) is 0 Å². The van der Waals surface area contributed by atoms with E-state index in [1.807, 2.05) is 26.8 Å². The van der Waals surface area contributed by atoms with Crippen molar-refractivity contribution in [3.05, 3.63) is 94.1 Å². The molecule has 3 aromatic rings.